The predicted octanol–water partition coefficient (Wildman–Crippen LogP) is 4.04. The molecule has 23 heavy (non-hydrogen) atoms. The fourth-order valence-electron chi connectivity index (χ4n) is 3.05. The van der Waals surface area contributed by atoms with Crippen LogP contribution in [0.1, 0.15) is 30.2 Å². The van der Waals surface area contributed by atoms with Crippen LogP contribution < -0.4 is 5.73 Å². The van der Waals surface area contributed by atoms with Gasteiger partial charge >= 0.3 is 0 Å². The van der Waals surface area contributed by atoms with E-state index in [-0.39, 0.29) is 0 Å². The van der Waals surface area contributed by atoms with Crippen molar-refractivity contribution in [3.05, 3.63) is 34.8 Å². The maximum Gasteiger partial charge on any atom is 0.165 e. The number of hydrogen-bond acceptors (Lipinski definition) is 4. The first kappa shape index (κ1) is 15.1. The third-order valence-electron chi connectivity index (χ3n) is 4.28. The summed E-state index contributed by atoms with van der Waals surface area (Å²) < 4.78 is 4.63. The minimum atomic E-state index is 0.406. The molecular formula is C16H18BrN5S. The van der Waals surface area contributed by atoms with E-state index in [1.807, 2.05) is 35.8 Å². The van der Waals surface area contributed by atoms with Crippen molar-refractivity contribution in [3.8, 4) is 11.1 Å². The van der Waals surface area contributed by atoms with Gasteiger partial charge in [-0.15, -0.1) is 0 Å². The molecule has 1 aliphatic rings. The van der Waals surface area contributed by atoms with Gasteiger partial charge in [0.05, 0.1) is 16.4 Å². The Morgan fingerprint density at radius 1 is 1.39 bits per heavy atom. The maximum absolute atomic E-state index is 6.32. The zero-order valence-electron chi connectivity index (χ0n) is 12.9. The Morgan fingerprint density at radius 3 is 2.96 bits per heavy atom. The SMILES string of the molecule is Cn1ccc(-c2cnn3c(N)c(Br)c(C4CCCCS4)nc23)c1. The van der Waals surface area contributed by atoms with Crippen molar-refractivity contribution in [3.63, 3.8) is 0 Å². The summed E-state index contributed by atoms with van der Waals surface area (Å²) in [6.07, 6.45) is 9.64. The number of nitrogens with zero attached hydrogens (tertiary/aromatic N) is 4. The molecule has 5 nitrogen and oxygen atoms in total. The third-order valence-corrected chi connectivity index (χ3v) is 6.47. The smallest absolute Gasteiger partial charge is 0.165 e. The first-order valence-corrected chi connectivity index (χ1v) is 9.56. The zero-order valence-corrected chi connectivity index (χ0v) is 15.3. The van der Waals surface area contributed by atoms with E-state index < -0.39 is 0 Å². The van der Waals surface area contributed by atoms with Crippen molar-refractivity contribution in [2.24, 2.45) is 7.05 Å². The van der Waals surface area contributed by atoms with Crippen molar-refractivity contribution in [1.29, 1.82) is 0 Å². The van der Waals surface area contributed by atoms with Gasteiger partial charge in [-0.25, -0.2) is 4.98 Å². The second-order valence-electron chi connectivity index (χ2n) is 5.91. The largest absolute Gasteiger partial charge is 0.383 e. The highest BCUT2D eigenvalue weighted by molar-refractivity contribution is 9.10. The molecule has 0 spiro atoms. The van der Waals surface area contributed by atoms with E-state index in [1.165, 1.54) is 18.6 Å². The Kier molecular flexibility index (Phi) is 3.85. The van der Waals surface area contributed by atoms with Crippen molar-refractivity contribution in [2.75, 3.05) is 11.5 Å². The van der Waals surface area contributed by atoms with Gasteiger partial charge in [0.15, 0.2) is 5.65 Å². The molecular weight excluding hydrogens is 374 g/mol. The molecule has 0 amide bonds. The van der Waals surface area contributed by atoms with Gasteiger partial charge in [-0.1, -0.05) is 6.42 Å². The van der Waals surface area contributed by atoms with Crippen LogP contribution in [-0.4, -0.2) is 24.9 Å². The Bertz CT molecular complexity index is 863. The van der Waals surface area contributed by atoms with Crippen LogP contribution in [-0.2, 0) is 7.05 Å². The van der Waals surface area contributed by atoms with Gasteiger partial charge in [0, 0.05) is 35.8 Å². The first-order valence-electron chi connectivity index (χ1n) is 7.71. The lowest BCUT2D eigenvalue weighted by molar-refractivity contribution is 0.673. The number of fused-ring (bicyclic) bond motifs is 1. The van der Waals surface area contributed by atoms with Gasteiger partial charge in [0.25, 0.3) is 0 Å². The second kappa shape index (κ2) is 5.87. The van der Waals surface area contributed by atoms with Crippen LogP contribution in [0.25, 0.3) is 16.8 Å². The summed E-state index contributed by atoms with van der Waals surface area (Å²) in [6.45, 7) is 0. The van der Waals surface area contributed by atoms with Crippen LogP contribution in [0.15, 0.2) is 29.1 Å². The summed E-state index contributed by atoms with van der Waals surface area (Å²) in [4.78, 5) is 4.95. The average molecular weight is 392 g/mol. The number of hydrogen-bond donors (Lipinski definition) is 1. The molecule has 7 heteroatoms. The summed E-state index contributed by atoms with van der Waals surface area (Å²) in [6, 6.07) is 2.08. The normalized spacial score (nSPS) is 18.6. The summed E-state index contributed by atoms with van der Waals surface area (Å²) in [5, 5.41) is 4.84. The molecule has 1 atom stereocenters. The van der Waals surface area contributed by atoms with E-state index in [0.29, 0.717) is 11.1 Å². The Hall–Kier alpha value is -1.47. The summed E-state index contributed by atoms with van der Waals surface area (Å²) >= 11 is 5.61. The molecule has 3 aromatic rings. The summed E-state index contributed by atoms with van der Waals surface area (Å²) in [5.74, 6) is 1.81. The van der Waals surface area contributed by atoms with E-state index >= 15 is 0 Å². The lowest BCUT2D eigenvalue weighted by Gasteiger charge is -2.22. The molecule has 0 radical (unpaired) electrons. The number of aryl methyl sites for hydroxylation is 1. The van der Waals surface area contributed by atoms with E-state index in [0.717, 1.165) is 33.4 Å². The molecule has 2 N–H and O–H groups in total. The zero-order chi connectivity index (χ0) is 16.0. The van der Waals surface area contributed by atoms with E-state index in [1.54, 1.807) is 4.52 Å². The fraction of sp³-hybridized carbons (Fsp3) is 0.375. The summed E-state index contributed by atoms with van der Waals surface area (Å²) in [5.41, 5.74) is 10.3. The van der Waals surface area contributed by atoms with Crippen molar-refractivity contribution in [1.82, 2.24) is 19.2 Å². The predicted molar refractivity (Wildman–Crippen MR) is 98.6 cm³/mol. The molecule has 1 fully saturated rings. The molecule has 1 saturated heterocycles. The van der Waals surface area contributed by atoms with E-state index in [2.05, 4.69) is 33.3 Å². The lowest BCUT2D eigenvalue weighted by atomic mass is 10.1. The molecule has 0 aliphatic carbocycles. The highest BCUT2D eigenvalue weighted by atomic mass is 79.9. The molecule has 1 unspecified atom stereocenters. The second-order valence-corrected chi connectivity index (χ2v) is 8.01. The van der Waals surface area contributed by atoms with Crippen molar-refractivity contribution in [2.45, 2.75) is 24.5 Å². The molecule has 1 aliphatic heterocycles. The van der Waals surface area contributed by atoms with E-state index in [4.69, 9.17) is 10.7 Å². The minimum Gasteiger partial charge on any atom is -0.383 e. The number of nitrogen functional groups attached to an aromatic ring is 1. The molecule has 0 bridgehead atoms. The number of rotatable bonds is 2. The topological polar surface area (TPSA) is 61.1 Å². The van der Waals surface area contributed by atoms with Crippen molar-refractivity contribution >= 4 is 39.2 Å². The van der Waals surface area contributed by atoms with Gasteiger partial charge in [0.1, 0.15) is 5.82 Å². The van der Waals surface area contributed by atoms with Crippen LogP contribution in [0.3, 0.4) is 0 Å². The van der Waals surface area contributed by atoms with Gasteiger partial charge in [-0.3, -0.25) is 0 Å². The highest BCUT2D eigenvalue weighted by Crippen LogP contribution is 2.42. The molecule has 4 rings (SSSR count). The number of halogens is 1. The van der Waals surface area contributed by atoms with Crippen LogP contribution in [0, 0.1) is 0 Å². The lowest BCUT2D eigenvalue weighted by Crippen LogP contribution is -2.10. The van der Waals surface area contributed by atoms with Gasteiger partial charge in [-0.05, 0) is 40.6 Å². The Labute approximate surface area is 147 Å². The van der Waals surface area contributed by atoms with Crippen molar-refractivity contribution < 1.29 is 0 Å². The minimum absolute atomic E-state index is 0.406. The number of aromatic nitrogens is 4. The number of nitrogens with two attached hydrogens (primary N) is 1. The Balaban J connectivity index is 1.89. The molecule has 0 aromatic carbocycles. The Morgan fingerprint density at radius 2 is 2.26 bits per heavy atom. The van der Waals surface area contributed by atoms with E-state index in [9.17, 15) is 0 Å². The van der Waals surface area contributed by atoms with Crippen LogP contribution in [0.4, 0.5) is 5.82 Å². The van der Waals surface area contributed by atoms with Gasteiger partial charge in [0.2, 0.25) is 0 Å². The standard InChI is InChI=1S/C16H18BrN5S/c1-21-6-5-10(9-21)11-8-19-22-15(18)13(17)14(20-16(11)22)12-4-2-3-7-23-12/h5-6,8-9,12H,2-4,7,18H2,1H3. The average Bonchev–Trinajstić information content (AvgIpc) is 3.17. The van der Waals surface area contributed by atoms with Crippen LogP contribution in [0.2, 0.25) is 0 Å². The molecule has 0 saturated carbocycles. The number of anilines is 1. The molecule has 3 aromatic heterocycles. The first-order chi connectivity index (χ1) is 11.1. The van der Waals surface area contributed by atoms with Gasteiger partial charge < -0.3 is 10.3 Å². The van der Waals surface area contributed by atoms with Gasteiger partial charge in [-0.2, -0.15) is 21.4 Å². The monoisotopic (exact) mass is 391 g/mol. The molecule has 120 valence electrons. The maximum atomic E-state index is 6.32. The van der Waals surface area contributed by atoms with Crippen LogP contribution >= 0.6 is 27.7 Å². The highest BCUT2D eigenvalue weighted by Gasteiger charge is 2.24. The summed E-state index contributed by atoms with van der Waals surface area (Å²) in [7, 11) is 2.01. The molecule has 4 heterocycles. The third kappa shape index (κ3) is 2.55. The number of thioether (sulfide) groups is 1. The van der Waals surface area contributed by atoms with Crippen LogP contribution in [0.5, 0.6) is 0 Å². The fourth-order valence-corrected chi connectivity index (χ4v) is 5.05. The quantitative estimate of drug-likeness (QED) is 0.715.